The predicted octanol–water partition coefficient (Wildman–Crippen LogP) is 0.570. The number of carbonyl (C=O) groups excluding carboxylic acids is 1. The first kappa shape index (κ1) is 13.5. The van der Waals surface area contributed by atoms with Crippen molar-refractivity contribution in [2.24, 2.45) is 11.7 Å². The SMILES string of the molecule is CC(C)CN1CCC(N[C@@H](C)C(N)=O)CC1. The van der Waals surface area contributed by atoms with Gasteiger partial charge in [0.2, 0.25) is 5.91 Å². The van der Waals surface area contributed by atoms with Crippen molar-refractivity contribution in [3.05, 3.63) is 0 Å². The lowest BCUT2D eigenvalue weighted by molar-refractivity contribution is -0.119. The molecule has 1 rings (SSSR count). The monoisotopic (exact) mass is 227 g/mol. The highest BCUT2D eigenvalue weighted by atomic mass is 16.1. The Morgan fingerprint density at radius 3 is 2.38 bits per heavy atom. The largest absolute Gasteiger partial charge is 0.368 e. The Balaban J connectivity index is 2.24. The maximum absolute atomic E-state index is 10.9. The molecule has 4 heteroatoms. The minimum atomic E-state index is -0.260. The van der Waals surface area contributed by atoms with Crippen LogP contribution in [0.4, 0.5) is 0 Å². The summed E-state index contributed by atoms with van der Waals surface area (Å²) < 4.78 is 0. The van der Waals surface area contributed by atoms with E-state index in [1.165, 1.54) is 6.54 Å². The third-order valence-corrected chi connectivity index (χ3v) is 3.12. The van der Waals surface area contributed by atoms with Gasteiger partial charge >= 0.3 is 0 Å². The van der Waals surface area contributed by atoms with Crippen LogP contribution < -0.4 is 11.1 Å². The van der Waals surface area contributed by atoms with Gasteiger partial charge in [-0.05, 0) is 38.8 Å². The van der Waals surface area contributed by atoms with Gasteiger partial charge in [-0.15, -0.1) is 0 Å². The highest BCUT2D eigenvalue weighted by Gasteiger charge is 2.21. The molecule has 0 saturated carbocycles. The number of rotatable bonds is 5. The molecule has 3 N–H and O–H groups in total. The fourth-order valence-corrected chi connectivity index (χ4v) is 2.23. The lowest BCUT2D eigenvalue weighted by Gasteiger charge is -2.34. The van der Waals surface area contributed by atoms with Crippen LogP contribution in [0, 0.1) is 5.92 Å². The number of amides is 1. The van der Waals surface area contributed by atoms with Crippen molar-refractivity contribution in [2.45, 2.75) is 45.7 Å². The smallest absolute Gasteiger partial charge is 0.234 e. The summed E-state index contributed by atoms with van der Waals surface area (Å²) in [6.07, 6.45) is 2.23. The van der Waals surface area contributed by atoms with Crippen molar-refractivity contribution in [3.63, 3.8) is 0 Å². The van der Waals surface area contributed by atoms with E-state index < -0.39 is 0 Å². The predicted molar refractivity (Wildman–Crippen MR) is 66.1 cm³/mol. The van der Waals surface area contributed by atoms with E-state index in [4.69, 9.17) is 5.73 Å². The summed E-state index contributed by atoms with van der Waals surface area (Å²) in [5, 5.41) is 3.29. The fraction of sp³-hybridized carbons (Fsp3) is 0.917. The Bertz CT molecular complexity index is 222. The van der Waals surface area contributed by atoms with Crippen LogP contribution in [0.3, 0.4) is 0 Å². The zero-order chi connectivity index (χ0) is 12.1. The van der Waals surface area contributed by atoms with Crippen molar-refractivity contribution in [3.8, 4) is 0 Å². The molecule has 0 aromatic heterocycles. The first-order chi connectivity index (χ1) is 7.49. The molecule has 0 aliphatic carbocycles. The topological polar surface area (TPSA) is 58.4 Å². The van der Waals surface area contributed by atoms with Gasteiger partial charge in [-0.25, -0.2) is 0 Å². The lowest BCUT2D eigenvalue weighted by atomic mass is 10.0. The number of piperidine rings is 1. The normalized spacial score (nSPS) is 21.2. The standard InChI is InChI=1S/C12H25N3O/c1-9(2)8-15-6-4-11(5-7-15)14-10(3)12(13)16/h9-11,14H,4-8H2,1-3H3,(H2,13,16)/t10-/m0/s1. The number of primary amides is 1. The third-order valence-electron chi connectivity index (χ3n) is 3.12. The molecule has 1 atom stereocenters. The van der Waals surface area contributed by atoms with Crippen molar-refractivity contribution < 1.29 is 4.79 Å². The van der Waals surface area contributed by atoms with Crippen LogP contribution >= 0.6 is 0 Å². The number of hydrogen-bond acceptors (Lipinski definition) is 3. The highest BCUT2D eigenvalue weighted by Crippen LogP contribution is 2.12. The zero-order valence-electron chi connectivity index (χ0n) is 10.7. The van der Waals surface area contributed by atoms with Crippen LogP contribution in [0.15, 0.2) is 0 Å². The number of nitrogens with zero attached hydrogens (tertiary/aromatic N) is 1. The van der Waals surface area contributed by atoms with E-state index in [-0.39, 0.29) is 11.9 Å². The summed E-state index contributed by atoms with van der Waals surface area (Å²) in [6, 6.07) is 0.243. The molecule has 1 amide bonds. The van der Waals surface area contributed by atoms with Crippen molar-refractivity contribution in [1.29, 1.82) is 0 Å². The molecule has 0 spiro atoms. The minimum absolute atomic E-state index is 0.207. The molecular formula is C12H25N3O. The third kappa shape index (κ3) is 4.49. The first-order valence-electron chi connectivity index (χ1n) is 6.26. The van der Waals surface area contributed by atoms with Crippen LogP contribution in [0.5, 0.6) is 0 Å². The van der Waals surface area contributed by atoms with E-state index in [2.05, 4.69) is 24.1 Å². The average Bonchev–Trinajstić information content (AvgIpc) is 2.20. The number of likely N-dealkylation sites (tertiary alicyclic amines) is 1. The van der Waals surface area contributed by atoms with E-state index >= 15 is 0 Å². The summed E-state index contributed by atoms with van der Waals surface area (Å²) in [5.41, 5.74) is 5.23. The van der Waals surface area contributed by atoms with Gasteiger partial charge in [0.25, 0.3) is 0 Å². The molecule has 0 unspecified atom stereocenters. The Kier molecular flexibility index (Phi) is 5.22. The molecule has 4 nitrogen and oxygen atoms in total. The minimum Gasteiger partial charge on any atom is -0.368 e. The molecule has 0 aromatic rings. The molecule has 0 radical (unpaired) electrons. The number of carbonyl (C=O) groups is 1. The zero-order valence-corrected chi connectivity index (χ0v) is 10.7. The molecule has 1 saturated heterocycles. The van der Waals surface area contributed by atoms with Crippen LogP contribution in [-0.4, -0.2) is 42.5 Å². The van der Waals surface area contributed by atoms with Crippen molar-refractivity contribution >= 4 is 5.91 Å². The summed E-state index contributed by atoms with van der Waals surface area (Å²) in [4.78, 5) is 13.4. The van der Waals surface area contributed by atoms with Crippen LogP contribution in [0.1, 0.15) is 33.6 Å². The second kappa shape index (κ2) is 6.21. The van der Waals surface area contributed by atoms with Gasteiger partial charge in [0, 0.05) is 12.6 Å². The van der Waals surface area contributed by atoms with Gasteiger partial charge in [-0.3, -0.25) is 4.79 Å². The Morgan fingerprint density at radius 2 is 1.94 bits per heavy atom. The van der Waals surface area contributed by atoms with Gasteiger partial charge in [-0.1, -0.05) is 13.8 Å². The summed E-state index contributed by atoms with van der Waals surface area (Å²) >= 11 is 0. The summed E-state index contributed by atoms with van der Waals surface area (Å²) in [6.45, 7) is 9.77. The van der Waals surface area contributed by atoms with Gasteiger partial charge in [0.15, 0.2) is 0 Å². The van der Waals surface area contributed by atoms with E-state index in [0.717, 1.165) is 31.8 Å². The van der Waals surface area contributed by atoms with E-state index in [1.807, 2.05) is 6.92 Å². The summed E-state index contributed by atoms with van der Waals surface area (Å²) in [5.74, 6) is 0.471. The van der Waals surface area contributed by atoms with Crippen LogP contribution in [0.25, 0.3) is 0 Å². The van der Waals surface area contributed by atoms with Gasteiger partial charge in [-0.2, -0.15) is 0 Å². The second-order valence-corrected chi connectivity index (χ2v) is 5.26. The molecule has 1 heterocycles. The maximum Gasteiger partial charge on any atom is 0.234 e. The van der Waals surface area contributed by atoms with Crippen molar-refractivity contribution in [1.82, 2.24) is 10.2 Å². The fourth-order valence-electron chi connectivity index (χ4n) is 2.23. The Labute approximate surface area is 98.6 Å². The maximum atomic E-state index is 10.9. The van der Waals surface area contributed by atoms with E-state index in [9.17, 15) is 4.79 Å². The van der Waals surface area contributed by atoms with E-state index in [0.29, 0.717) is 6.04 Å². The first-order valence-corrected chi connectivity index (χ1v) is 6.26. The lowest BCUT2D eigenvalue weighted by Crippen LogP contribution is -2.49. The van der Waals surface area contributed by atoms with Crippen LogP contribution in [0.2, 0.25) is 0 Å². The Hall–Kier alpha value is -0.610. The highest BCUT2D eigenvalue weighted by molar-refractivity contribution is 5.79. The molecule has 1 aliphatic heterocycles. The number of nitrogens with two attached hydrogens (primary N) is 1. The molecule has 16 heavy (non-hydrogen) atoms. The van der Waals surface area contributed by atoms with Crippen molar-refractivity contribution in [2.75, 3.05) is 19.6 Å². The molecule has 0 bridgehead atoms. The molecule has 1 fully saturated rings. The van der Waals surface area contributed by atoms with Gasteiger partial charge < -0.3 is 16.0 Å². The molecule has 0 aromatic carbocycles. The number of nitrogens with one attached hydrogen (secondary N) is 1. The van der Waals surface area contributed by atoms with E-state index in [1.54, 1.807) is 0 Å². The molecule has 94 valence electrons. The summed E-state index contributed by atoms with van der Waals surface area (Å²) in [7, 11) is 0. The Morgan fingerprint density at radius 1 is 1.38 bits per heavy atom. The second-order valence-electron chi connectivity index (χ2n) is 5.26. The number of hydrogen-bond donors (Lipinski definition) is 2. The average molecular weight is 227 g/mol. The van der Waals surface area contributed by atoms with Gasteiger partial charge in [0.1, 0.15) is 0 Å². The van der Waals surface area contributed by atoms with Gasteiger partial charge in [0.05, 0.1) is 6.04 Å². The van der Waals surface area contributed by atoms with Crippen LogP contribution in [-0.2, 0) is 4.79 Å². The molecule has 1 aliphatic rings. The quantitative estimate of drug-likeness (QED) is 0.722. The molecular weight excluding hydrogens is 202 g/mol.